The van der Waals surface area contributed by atoms with Gasteiger partial charge in [0.05, 0.1) is 18.4 Å². The van der Waals surface area contributed by atoms with Gasteiger partial charge in [-0.25, -0.2) is 4.79 Å². The van der Waals surface area contributed by atoms with E-state index >= 15 is 0 Å². The summed E-state index contributed by atoms with van der Waals surface area (Å²) in [5, 5.41) is 8.80. The molecule has 0 aliphatic heterocycles. The number of rotatable bonds is 3. The van der Waals surface area contributed by atoms with Gasteiger partial charge in [0.1, 0.15) is 0 Å². The van der Waals surface area contributed by atoms with Crippen LogP contribution < -0.4 is 5.48 Å². The second-order valence-electron chi connectivity index (χ2n) is 3.10. The Kier molecular flexibility index (Phi) is 3.09. The first-order valence-electron chi connectivity index (χ1n) is 4.19. The highest BCUT2D eigenvalue weighted by atomic mass is 16.6. The molecule has 0 saturated heterocycles. The van der Waals surface area contributed by atoms with Gasteiger partial charge in [0, 0.05) is 0 Å². The summed E-state index contributed by atoms with van der Waals surface area (Å²) in [5.74, 6) is -0.917. The zero-order valence-corrected chi connectivity index (χ0v) is 8.42. The summed E-state index contributed by atoms with van der Waals surface area (Å²) in [4.78, 5) is 15.5. The molecule has 0 spiro atoms. The summed E-state index contributed by atoms with van der Waals surface area (Å²) in [6.07, 6.45) is 0. The minimum Gasteiger partial charge on any atom is -0.478 e. The van der Waals surface area contributed by atoms with Gasteiger partial charge in [-0.1, -0.05) is 0 Å². The average Bonchev–Trinajstić information content (AvgIpc) is 2.10. The van der Waals surface area contributed by atoms with Crippen LogP contribution >= 0.6 is 0 Å². The van der Waals surface area contributed by atoms with Crippen molar-refractivity contribution in [3.05, 3.63) is 28.8 Å². The third-order valence-electron chi connectivity index (χ3n) is 1.98. The fourth-order valence-corrected chi connectivity index (χ4v) is 1.35. The Hall–Kier alpha value is -1.55. The van der Waals surface area contributed by atoms with Crippen LogP contribution in [0.2, 0.25) is 0 Å². The lowest BCUT2D eigenvalue weighted by Gasteiger charge is -2.11. The van der Waals surface area contributed by atoms with E-state index in [0.717, 1.165) is 16.8 Å². The maximum Gasteiger partial charge on any atom is 0.335 e. The Labute approximate surface area is 82.5 Å². The highest BCUT2D eigenvalue weighted by Gasteiger charge is 2.08. The number of aryl methyl sites for hydroxylation is 2. The Morgan fingerprint density at radius 2 is 1.86 bits per heavy atom. The lowest BCUT2D eigenvalue weighted by Crippen LogP contribution is -2.04. The fourth-order valence-electron chi connectivity index (χ4n) is 1.35. The number of benzene rings is 1. The smallest absolute Gasteiger partial charge is 0.335 e. The summed E-state index contributed by atoms with van der Waals surface area (Å²) in [5.41, 5.74) is 5.53. The van der Waals surface area contributed by atoms with Crippen LogP contribution in [0.5, 0.6) is 0 Å². The van der Waals surface area contributed by atoms with Crippen molar-refractivity contribution in [1.29, 1.82) is 0 Å². The quantitative estimate of drug-likeness (QED) is 0.724. The van der Waals surface area contributed by atoms with Crippen LogP contribution in [0.15, 0.2) is 12.1 Å². The standard InChI is InChI=1S/C10H13NO3/c1-6-4-8(10(12)13)5-7(2)9(6)11-14-3/h4-5,11H,1-3H3,(H,12,13). The molecule has 14 heavy (non-hydrogen) atoms. The van der Waals surface area contributed by atoms with Crippen LogP contribution in [0.1, 0.15) is 21.5 Å². The zero-order chi connectivity index (χ0) is 10.7. The molecule has 4 nitrogen and oxygen atoms in total. The van der Waals surface area contributed by atoms with Gasteiger partial charge >= 0.3 is 5.97 Å². The summed E-state index contributed by atoms with van der Waals surface area (Å²) < 4.78 is 0. The highest BCUT2D eigenvalue weighted by Crippen LogP contribution is 2.21. The molecule has 0 bridgehead atoms. The molecule has 0 radical (unpaired) electrons. The summed E-state index contributed by atoms with van der Waals surface area (Å²) in [7, 11) is 1.52. The van der Waals surface area contributed by atoms with E-state index in [1.165, 1.54) is 7.11 Å². The van der Waals surface area contributed by atoms with Crippen molar-refractivity contribution in [2.45, 2.75) is 13.8 Å². The SMILES string of the molecule is CONc1c(C)cc(C(=O)O)cc1C. The van der Waals surface area contributed by atoms with Gasteiger partial charge in [0.25, 0.3) is 0 Å². The largest absolute Gasteiger partial charge is 0.478 e. The van der Waals surface area contributed by atoms with E-state index in [9.17, 15) is 4.79 Å². The Morgan fingerprint density at radius 1 is 1.36 bits per heavy atom. The zero-order valence-electron chi connectivity index (χ0n) is 8.42. The molecule has 0 fully saturated rings. The van der Waals surface area contributed by atoms with E-state index in [2.05, 4.69) is 5.48 Å². The fraction of sp³-hybridized carbons (Fsp3) is 0.300. The van der Waals surface area contributed by atoms with Crippen LogP contribution in [-0.4, -0.2) is 18.2 Å². The summed E-state index contributed by atoms with van der Waals surface area (Å²) in [6, 6.07) is 3.22. The van der Waals surface area contributed by atoms with Gasteiger partial charge < -0.3 is 5.11 Å². The molecule has 0 heterocycles. The Morgan fingerprint density at radius 3 is 2.21 bits per heavy atom. The van der Waals surface area contributed by atoms with Crippen LogP contribution in [-0.2, 0) is 4.84 Å². The molecule has 4 heteroatoms. The van der Waals surface area contributed by atoms with E-state index in [0.29, 0.717) is 5.56 Å². The van der Waals surface area contributed by atoms with Gasteiger partial charge in [0.15, 0.2) is 0 Å². The maximum absolute atomic E-state index is 10.7. The summed E-state index contributed by atoms with van der Waals surface area (Å²) >= 11 is 0. The van der Waals surface area contributed by atoms with Gasteiger partial charge in [-0.2, -0.15) is 0 Å². The number of hydrogen-bond acceptors (Lipinski definition) is 3. The lowest BCUT2D eigenvalue weighted by atomic mass is 10.0. The molecule has 76 valence electrons. The molecule has 0 saturated carbocycles. The molecule has 1 aromatic carbocycles. The van der Waals surface area contributed by atoms with Crippen LogP contribution in [0.4, 0.5) is 5.69 Å². The van der Waals surface area contributed by atoms with Crippen molar-refractivity contribution in [1.82, 2.24) is 0 Å². The maximum atomic E-state index is 10.7. The molecule has 0 aromatic heterocycles. The van der Waals surface area contributed by atoms with Crippen LogP contribution in [0.25, 0.3) is 0 Å². The molecule has 2 N–H and O–H groups in total. The summed E-state index contributed by atoms with van der Waals surface area (Å²) in [6.45, 7) is 3.67. The van der Waals surface area contributed by atoms with E-state index in [-0.39, 0.29) is 0 Å². The molecule has 0 aliphatic carbocycles. The molecular formula is C10H13NO3. The number of nitrogens with one attached hydrogen (secondary N) is 1. The van der Waals surface area contributed by atoms with Gasteiger partial charge in [-0.3, -0.25) is 10.3 Å². The van der Waals surface area contributed by atoms with Crippen molar-refractivity contribution in [2.24, 2.45) is 0 Å². The Balaban J connectivity index is 3.18. The first kappa shape index (κ1) is 10.5. The van der Waals surface area contributed by atoms with E-state index < -0.39 is 5.97 Å². The molecule has 0 atom stereocenters. The minimum atomic E-state index is -0.917. The number of carboxylic acid groups (broad SMARTS) is 1. The second kappa shape index (κ2) is 4.11. The molecule has 0 amide bonds. The van der Waals surface area contributed by atoms with E-state index in [4.69, 9.17) is 9.94 Å². The number of aromatic carboxylic acids is 1. The van der Waals surface area contributed by atoms with Crippen LogP contribution in [0, 0.1) is 13.8 Å². The van der Waals surface area contributed by atoms with E-state index in [1.54, 1.807) is 12.1 Å². The predicted molar refractivity (Wildman–Crippen MR) is 53.5 cm³/mol. The number of carboxylic acids is 1. The molecule has 1 rings (SSSR count). The van der Waals surface area contributed by atoms with Crippen molar-refractivity contribution < 1.29 is 14.7 Å². The van der Waals surface area contributed by atoms with Crippen LogP contribution in [0.3, 0.4) is 0 Å². The molecule has 0 unspecified atom stereocenters. The number of anilines is 1. The topological polar surface area (TPSA) is 58.6 Å². The van der Waals surface area contributed by atoms with Crippen molar-refractivity contribution in [3.8, 4) is 0 Å². The number of hydrogen-bond donors (Lipinski definition) is 2. The third kappa shape index (κ3) is 2.03. The Bertz CT molecular complexity index is 337. The first-order chi connectivity index (χ1) is 6.56. The van der Waals surface area contributed by atoms with Crippen molar-refractivity contribution in [3.63, 3.8) is 0 Å². The van der Waals surface area contributed by atoms with Gasteiger partial charge in [-0.05, 0) is 37.1 Å². The van der Waals surface area contributed by atoms with Gasteiger partial charge in [-0.15, -0.1) is 0 Å². The van der Waals surface area contributed by atoms with Crippen molar-refractivity contribution in [2.75, 3.05) is 12.6 Å². The second-order valence-corrected chi connectivity index (χ2v) is 3.10. The minimum absolute atomic E-state index is 0.293. The monoisotopic (exact) mass is 195 g/mol. The molecule has 0 aliphatic rings. The number of carbonyl (C=O) groups is 1. The molecular weight excluding hydrogens is 182 g/mol. The lowest BCUT2D eigenvalue weighted by molar-refractivity contribution is 0.0696. The van der Waals surface area contributed by atoms with Gasteiger partial charge in [0.2, 0.25) is 0 Å². The molecule has 1 aromatic rings. The van der Waals surface area contributed by atoms with Crippen molar-refractivity contribution >= 4 is 11.7 Å². The average molecular weight is 195 g/mol. The predicted octanol–water partition coefficient (Wildman–Crippen LogP) is 1.97. The van der Waals surface area contributed by atoms with E-state index in [1.807, 2.05) is 13.8 Å². The normalized spacial score (nSPS) is 9.93. The highest BCUT2D eigenvalue weighted by molar-refractivity contribution is 5.89. The third-order valence-corrected chi connectivity index (χ3v) is 1.98. The first-order valence-corrected chi connectivity index (χ1v) is 4.19.